The number of nitrogens with one attached hydrogen (secondary N) is 1. The quantitative estimate of drug-likeness (QED) is 0.895. The molecule has 4 rings (SSSR count). The second kappa shape index (κ2) is 4.72. The van der Waals surface area contributed by atoms with Crippen molar-refractivity contribution in [3.8, 4) is 0 Å². The van der Waals surface area contributed by atoms with E-state index >= 15 is 0 Å². The predicted molar refractivity (Wildman–Crippen MR) is 81.7 cm³/mol. The van der Waals surface area contributed by atoms with Crippen molar-refractivity contribution in [1.82, 2.24) is 10.2 Å². The summed E-state index contributed by atoms with van der Waals surface area (Å²) in [6, 6.07) is 8.41. The molecule has 0 aliphatic heterocycles. The van der Waals surface area contributed by atoms with Crippen LogP contribution in [0.3, 0.4) is 0 Å². The van der Waals surface area contributed by atoms with Gasteiger partial charge in [0.2, 0.25) is 0 Å². The first kappa shape index (κ1) is 12.1. The van der Waals surface area contributed by atoms with Crippen LogP contribution in [0.2, 0.25) is 0 Å². The first-order valence-electron chi connectivity index (χ1n) is 7.79. The zero-order chi connectivity index (χ0) is 13.5. The maximum atomic E-state index is 4.38. The van der Waals surface area contributed by atoms with E-state index in [1.165, 1.54) is 36.5 Å². The molecule has 0 amide bonds. The number of aryl methyl sites for hydroxylation is 1. The van der Waals surface area contributed by atoms with Crippen molar-refractivity contribution in [1.29, 1.82) is 0 Å². The van der Waals surface area contributed by atoms with Gasteiger partial charge >= 0.3 is 0 Å². The molecule has 3 nitrogen and oxygen atoms in total. The fourth-order valence-corrected chi connectivity index (χ4v) is 3.35. The summed E-state index contributed by atoms with van der Waals surface area (Å²) in [5, 5.41) is 14.7. The van der Waals surface area contributed by atoms with E-state index in [1.54, 1.807) is 0 Å². The van der Waals surface area contributed by atoms with Gasteiger partial charge in [-0.05, 0) is 50.4 Å². The minimum Gasteiger partial charge on any atom is -0.368 e. The van der Waals surface area contributed by atoms with Crippen LogP contribution in [0, 0.1) is 24.7 Å². The number of hydrogen-bond acceptors (Lipinski definition) is 3. The molecule has 3 heteroatoms. The van der Waals surface area contributed by atoms with E-state index < -0.39 is 0 Å². The molecule has 2 aliphatic rings. The second-order valence-corrected chi connectivity index (χ2v) is 6.40. The molecule has 2 aliphatic carbocycles. The van der Waals surface area contributed by atoms with Crippen molar-refractivity contribution in [2.24, 2.45) is 17.8 Å². The van der Waals surface area contributed by atoms with Crippen LogP contribution in [0.15, 0.2) is 24.3 Å². The summed E-state index contributed by atoms with van der Waals surface area (Å²) in [5.41, 5.74) is 1.01. The lowest BCUT2D eigenvalue weighted by molar-refractivity contribution is 0.427. The van der Waals surface area contributed by atoms with E-state index in [1.807, 2.05) is 6.92 Å². The smallest absolute Gasteiger partial charge is 0.156 e. The van der Waals surface area contributed by atoms with Gasteiger partial charge in [0.05, 0.1) is 5.69 Å². The van der Waals surface area contributed by atoms with Crippen LogP contribution in [-0.4, -0.2) is 16.7 Å². The molecule has 2 aromatic rings. The molecular formula is C17H21N3. The number of benzene rings is 1. The van der Waals surface area contributed by atoms with E-state index in [4.69, 9.17) is 0 Å². The number of hydrogen-bond donors (Lipinski definition) is 1. The number of anilines is 1. The monoisotopic (exact) mass is 267 g/mol. The van der Waals surface area contributed by atoms with Crippen LogP contribution in [0.1, 0.15) is 31.4 Å². The van der Waals surface area contributed by atoms with Crippen LogP contribution in [0.25, 0.3) is 10.8 Å². The minimum atomic E-state index is 0.858. The van der Waals surface area contributed by atoms with Gasteiger partial charge in [0.25, 0.3) is 0 Å². The molecule has 104 valence electrons. The highest BCUT2D eigenvalue weighted by Crippen LogP contribution is 2.49. The van der Waals surface area contributed by atoms with E-state index in [0.717, 1.165) is 35.8 Å². The number of nitrogens with zero attached hydrogens (tertiary/aromatic N) is 2. The summed E-state index contributed by atoms with van der Waals surface area (Å²) >= 11 is 0. The summed E-state index contributed by atoms with van der Waals surface area (Å²) in [4.78, 5) is 0. The lowest BCUT2D eigenvalue weighted by Gasteiger charge is -2.17. The molecule has 0 atom stereocenters. The molecule has 2 saturated carbocycles. The van der Waals surface area contributed by atoms with Gasteiger partial charge in [0.1, 0.15) is 0 Å². The van der Waals surface area contributed by atoms with Gasteiger partial charge in [0, 0.05) is 17.3 Å². The lowest BCUT2D eigenvalue weighted by Crippen LogP contribution is -2.19. The van der Waals surface area contributed by atoms with Gasteiger partial charge in [-0.2, -0.15) is 5.10 Å². The predicted octanol–water partition coefficient (Wildman–Crippen LogP) is 3.79. The number of fused-ring (bicyclic) bond motifs is 1. The van der Waals surface area contributed by atoms with Gasteiger partial charge in [-0.25, -0.2) is 0 Å². The molecule has 20 heavy (non-hydrogen) atoms. The van der Waals surface area contributed by atoms with Crippen molar-refractivity contribution < 1.29 is 0 Å². The van der Waals surface area contributed by atoms with Crippen LogP contribution < -0.4 is 5.32 Å². The summed E-state index contributed by atoms with van der Waals surface area (Å²) in [5.74, 6) is 3.76. The van der Waals surface area contributed by atoms with Crippen LogP contribution in [0.5, 0.6) is 0 Å². The Morgan fingerprint density at radius 2 is 1.70 bits per heavy atom. The Bertz CT molecular complexity index is 617. The zero-order valence-corrected chi connectivity index (χ0v) is 12.0. The lowest BCUT2D eigenvalue weighted by atomic mass is 9.98. The van der Waals surface area contributed by atoms with Gasteiger partial charge in [-0.3, -0.25) is 0 Å². The Hall–Kier alpha value is -1.64. The molecule has 0 bridgehead atoms. The topological polar surface area (TPSA) is 37.8 Å². The van der Waals surface area contributed by atoms with E-state index in [-0.39, 0.29) is 0 Å². The van der Waals surface area contributed by atoms with Crippen molar-refractivity contribution in [2.45, 2.75) is 32.6 Å². The standard InChI is InChI=1S/C17H21N3/c1-11-14-4-2-3-5-15(14)17(20-19-11)18-10-16(12-6-7-12)13-8-9-13/h2-5,12-13,16H,6-10H2,1H3,(H,18,20). The highest BCUT2D eigenvalue weighted by Gasteiger charge is 2.41. The van der Waals surface area contributed by atoms with Crippen LogP contribution in [-0.2, 0) is 0 Å². The third kappa shape index (κ3) is 2.26. The van der Waals surface area contributed by atoms with Crippen molar-refractivity contribution in [2.75, 3.05) is 11.9 Å². The molecule has 0 saturated heterocycles. The maximum absolute atomic E-state index is 4.38. The van der Waals surface area contributed by atoms with Crippen molar-refractivity contribution >= 4 is 16.6 Å². The summed E-state index contributed by atoms with van der Waals surface area (Å²) < 4.78 is 0. The fourth-order valence-electron chi connectivity index (χ4n) is 3.35. The molecule has 1 heterocycles. The molecule has 1 N–H and O–H groups in total. The number of rotatable bonds is 5. The highest BCUT2D eigenvalue weighted by molar-refractivity contribution is 5.92. The van der Waals surface area contributed by atoms with Gasteiger partial charge in [-0.15, -0.1) is 5.10 Å². The molecule has 0 spiro atoms. The zero-order valence-electron chi connectivity index (χ0n) is 12.0. The molecule has 1 aromatic heterocycles. The minimum absolute atomic E-state index is 0.858. The summed E-state index contributed by atoms with van der Waals surface area (Å²) in [7, 11) is 0. The Morgan fingerprint density at radius 1 is 1.05 bits per heavy atom. The first-order valence-corrected chi connectivity index (χ1v) is 7.79. The van der Waals surface area contributed by atoms with E-state index in [2.05, 4.69) is 39.8 Å². The molecule has 0 radical (unpaired) electrons. The molecular weight excluding hydrogens is 246 g/mol. The van der Waals surface area contributed by atoms with E-state index in [9.17, 15) is 0 Å². The van der Waals surface area contributed by atoms with Crippen molar-refractivity contribution in [3.63, 3.8) is 0 Å². The highest BCUT2D eigenvalue weighted by atomic mass is 15.2. The van der Waals surface area contributed by atoms with Crippen molar-refractivity contribution in [3.05, 3.63) is 30.0 Å². The third-order valence-corrected chi connectivity index (χ3v) is 4.83. The largest absolute Gasteiger partial charge is 0.368 e. The van der Waals surface area contributed by atoms with E-state index in [0.29, 0.717) is 0 Å². The maximum Gasteiger partial charge on any atom is 0.156 e. The van der Waals surface area contributed by atoms with Crippen LogP contribution in [0.4, 0.5) is 5.82 Å². The van der Waals surface area contributed by atoms with Crippen LogP contribution >= 0.6 is 0 Å². The van der Waals surface area contributed by atoms with Gasteiger partial charge < -0.3 is 5.32 Å². The average Bonchev–Trinajstić information content (AvgIpc) is 3.36. The second-order valence-electron chi connectivity index (χ2n) is 6.40. The number of aromatic nitrogens is 2. The first-order chi connectivity index (χ1) is 9.83. The molecule has 2 fully saturated rings. The van der Waals surface area contributed by atoms with Gasteiger partial charge in [-0.1, -0.05) is 24.3 Å². The Balaban J connectivity index is 1.57. The Kier molecular flexibility index (Phi) is 2.86. The average molecular weight is 267 g/mol. The van der Waals surface area contributed by atoms with Gasteiger partial charge in [0.15, 0.2) is 5.82 Å². The summed E-state index contributed by atoms with van der Waals surface area (Å²) in [6.07, 6.45) is 5.73. The third-order valence-electron chi connectivity index (χ3n) is 4.83. The normalized spacial score (nSPS) is 18.7. The SMILES string of the molecule is Cc1nnc(NCC(C2CC2)C2CC2)c2ccccc12. The Morgan fingerprint density at radius 3 is 2.35 bits per heavy atom. The molecule has 1 aromatic carbocycles. The summed E-state index contributed by atoms with van der Waals surface area (Å²) in [6.45, 7) is 3.09. The molecule has 0 unspecified atom stereocenters. The Labute approximate surface area is 119 Å². The fraction of sp³-hybridized carbons (Fsp3) is 0.529.